The van der Waals surface area contributed by atoms with Crippen LogP contribution in [0.5, 0.6) is 0 Å². The van der Waals surface area contributed by atoms with E-state index in [-0.39, 0.29) is 47.4 Å². The maximum absolute atomic E-state index is 15.6. The van der Waals surface area contributed by atoms with Gasteiger partial charge in [-0.2, -0.15) is 0 Å². The van der Waals surface area contributed by atoms with Crippen molar-refractivity contribution in [2.45, 2.75) is 102 Å². The molecule has 4 bridgehead atoms. The normalized spacial score (nSPS) is 33.6. The topological polar surface area (TPSA) is 212 Å². The molecule has 3 aromatic carbocycles. The van der Waals surface area contributed by atoms with Crippen molar-refractivity contribution in [2.24, 2.45) is 16.7 Å². The Hall–Kier alpha value is -6.00. The monoisotopic (exact) mass is 863 g/mol. The number of ketones is 1. The molecule has 1 amide bonds. The molecule has 8 rings (SSSR count). The molecular formula is C48H49NO14. The molecule has 3 N–H and O–H groups in total. The molecule has 15 heteroatoms. The molecule has 2 heterocycles. The lowest BCUT2D eigenvalue weighted by molar-refractivity contribution is -0.345. The first kappa shape index (κ1) is 43.6. The molecule has 1 spiro atoms. The molecule has 1 saturated heterocycles. The Labute approximate surface area is 363 Å². The third-order valence-corrected chi connectivity index (χ3v) is 13.9. The summed E-state index contributed by atoms with van der Waals surface area (Å²) in [6.45, 7) is 6.78. The molecule has 15 nitrogen and oxygen atoms in total. The van der Waals surface area contributed by atoms with Crippen LogP contribution in [0.3, 0.4) is 0 Å². The van der Waals surface area contributed by atoms with Crippen LogP contribution in [-0.4, -0.2) is 105 Å². The number of anilines is 1. The number of carbonyl (C=O) groups excluding carboxylic acids is 6. The average Bonchev–Trinajstić information content (AvgIpc) is 3.25. The lowest BCUT2D eigenvalue weighted by atomic mass is 9.44. The van der Waals surface area contributed by atoms with Gasteiger partial charge in [-0.05, 0) is 67.3 Å². The largest absolute Gasteiger partial charge is 0.455 e. The van der Waals surface area contributed by atoms with Gasteiger partial charge in [0.1, 0.15) is 23.9 Å². The van der Waals surface area contributed by atoms with Gasteiger partial charge in [0, 0.05) is 36.8 Å². The summed E-state index contributed by atoms with van der Waals surface area (Å²) in [4.78, 5) is 87.0. The van der Waals surface area contributed by atoms with Crippen LogP contribution in [0, 0.1) is 16.7 Å². The fourth-order valence-corrected chi connectivity index (χ4v) is 10.6. The van der Waals surface area contributed by atoms with E-state index in [1.165, 1.54) is 50.3 Å². The van der Waals surface area contributed by atoms with Crippen LogP contribution in [0.4, 0.5) is 5.69 Å². The molecule has 0 unspecified atom stereocenters. The van der Waals surface area contributed by atoms with E-state index in [1.807, 2.05) is 0 Å². The second-order valence-corrected chi connectivity index (χ2v) is 17.7. The van der Waals surface area contributed by atoms with Gasteiger partial charge in [-0.1, -0.05) is 74.5 Å². The Kier molecular flexibility index (Phi) is 11.1. The summed E-state index contributed by atoms with van der Waals surface area (Å²) in [5, 5.41) is 38.0. The molecule has 2 aliphatic heterocycles. The highest BCUT2D eigenvalue weighted by molar-refractivity contribution is 6.09. The zero-order chi connectivity index (χ0) is 45.2. The molecule has 330 valence electrons. The van der Waals surface area contributed by atoms with Crippen LogP contribution in [0.2, 0.25) is 0 Å². The van der Waals surface area contributed by atoms with Crippen LogP contribution in [0.25, 0.3) is 0 Å². The number of Topliss-reactive ketones (excluding diaryl/α,β-unsaturated/α-hetero) is 1. The van der Waals surface area contributed by atoms with E-state index in [0.717, 1.165) is 17.9 Å². The fourth-order valence-electron chi connectivity index (χ4n) is 10.6. The number of allylic oxidation sites excluding steroid dienone is 1. The minimum absolute atomic E-state index is 0.0139. The maximum Gasteiger partial charge on any atom is 0.357 e. The number of benzene rings is 3. The number of nitrogens with zero attached hydrogens (tertiary/aromatic N) is 1. The number of para-hydroxylation sites is 1. The molecular weight excluding hydrogens is 815 g/mol. The average molecular weight is 864 g/mol. The minimum Gasteiger partial charge on any atom is -0.455 e. The lowest BCUT2D eigenvalue weighted by Crippen LogP contribution is -2.82. The Morgan fingerprint density at radius 1 is 0.857 bits per heavy atom. The van der Waals surface area contributed by atoms with E-state index < -0.39 is 107 Å². The summed E-state index contributed by atoms with van der Waals surface area (Å²) in [6, 6.07) is 22.2. The van der Waals surface area contributed by atoms with Gasteiger partial charge in [-0.15, -0.1) is 0 Å². The number of hydrogen-bond acceptors (Lipinski definition) is 14. The number of aliphatic hydroxyl groups excluding tert-OH is 2. The number of aliphatic hydroxyl groups is 3. The SMILES string of the molecule is CC(=O)O[C@H]1C(=O)[C@@]2(C)[C@@H]3[C@H](OC(=O)c4ccccc4)[C@]4(O)C[C@H](OC(=O)[C@@H](O)N(C(=O)c5ccccc5)c5ccccc5CC=CC(=O)O[C@]35CO[C@@H]5C[C@@H]2O)C(C)=C1C4(C)C. The fraction of sp³-hybridized carbons (Fsp3) is 0.417. The van der Waals surface area contributed by atoms with Crippen LogP contribution in [0.15, 0.2) is 108 Å². The standard InChI is InChI=1S/C48H49NO14/c1-26-32-24-48(58)40(62-43(56)30-18-10-7-11-19-30)38-46(5,39(53)37(60-27(2)50)36(26)45(48,3)4)33(51)23-34-47(38,25-59-34)63-35(52)22-14-20-28-15-12-13-21-31(28)49(42(55)44(57)61-32)41(54)29-16-8-6-9-17-29/h6-19,21-22,32-34,37-38,40,42,51,55,58H,20,23-25H2,1-5H3/t32-,33-,34+,37+,38-,40-,42+,46+,47-,48+/m0/s1. The molecule has 10 atom stereocenters. The summed E-state index contributed by atoms with van der Waals surface area (Å²) in [7, 11) is 0. The molecule has 2 saturated carbocycles. The van der Waals surface area contributed by atoms with E-state index in [4.69, 9.17) is 23.7 Å². The van der Waals surface area contributed by atoms with Gasteiger partial charge in [0.15, 0.2) is 17.5 Å². The van der Waals surface area contributed by atoms with Crippen molar-refractivity contribution in [1.82, 2.24) is 0 Å². The molecule has 0 aromatic heterocycles. The van der Waals surface area contributed by atoms with E-state index in [9.17, 15) is 39.3 Å². The van der Waals surface area contributed by atoms with Crippen molar-refractivity contribution in [3.63, 3.8) is 0 Å². The lowest BCUT2D eigenvalue weighted by Gasteiger charge is -2.67. The van der Waals surface area contributed by atoms with Gasteiger partial charge < -0.3 is 39.0 Å². The quantitative estimate of drug-likeness (QED) is 0.193. The Bertz CT molecular complexity index is 2430. The summed E-state index contributed by atoms with van der Waals surface area (Å²) in [6.07, 6.45) is -8.42. The second kappa shape index (κ2) is 16.0. The number of esters is 4. The predicted octanol–water partition coefficient (Wildman–Crippen LogP) is 3.96. The Morgan fingerprint density at radius 2 is 1.49 bits per heavy atom. The van der Waals surface area contributed by atoms with E-state index in [0.29, 0.717) is 5.56 Å². The molecule has 63 heavy (non-hydrogen) atoms. The smallest absolute Gasteiger partial charge is 0.357 e. The van der Waals surface area contributed by atoms with Crippen LogP contribution in [-0.2, 0) is 49.3 Å². The third kappa shape index (κ3) is 6.89. The number of rotatable bonds is 4. The van der Waals surface area contributed by atoms with Gasteiger partial charge in [-0.25, -0.2) is 14.4 Å². The van der Waals surface area contributed by atoms with Crippen molar-refractivity contribution >= 4 is 41.3 Å². The van der Waals surface area contributed by atoms with Gasteiger partial charge in [0.25, 0.3) is 5.91 Å². The highest BCUT2D eigenvalue weighted by atomic mass is 16.6. The Balaban J connectivity index is 1.40. The molecule has 5 aliphatic rings. The van der Waals surface area contributed by atoms with Crippen molar-refractivity contribution in [3.05, 3.63) is 125 Å². The first-order chi connectivity index (χ1) is 29.9. The van der Waals surface area contributed by atoms with Gasteiger partial charge in [-0.3, -0.25) is 19.3 Å². The van der Waals surface area contributed by atoms with Crippen LogP contribution < -0.4 is 4.90 Å². The summed E-state index contributed by atoms with van der Waals surface area (Å²) < 4.78 is 30.8. The predicted molar refractivity (Wildman–Crippen MR) is 221 cm³/mol. The van der Waals surface area contributed by atoms with Crippen molar-refractivity contribution in [2.75, 3.05) is 11.5 Å². The minimum atomic E-state index is -2.42. The molecule has 0 radical (unpaired) electrons. The molecule has 3 aliphatic carbocycles. The number of carbonyl (C=O) groups is 6. The van der Waals surface area contributed by atoms with E-state index in [1.54, 1.807) is 68.4 Å². The molecule has 3 fully saturated rings. The van der Waals surface area contributed by atoms with Gasteiger partial charge in [0.2, 0.25) is 6.23 Å². The summed E-state index contributed by atoms with van der Waals surface area (Å²) in [5.41, 5.74) is -7.19. The zero-order valence-corrected chi connectivity index (χ0v) is 35.4. The van der Waals surface area contributed by atoms with Crippen molar-refractivity contribution in [3.8, 4) is 0 Å². The first-order valence-electron chi connectivity index (χ1n) is 20.8. The molecule has 3 aromatic rings. The second-order valence-electron chi connectivity index (χ2n) is 17.7. The Morgan fingerprint density at radius 3 is 2.13 bits per heavy atom. The van der Waals surface area contributed by atoms with Crippen LogP contribution >= 0.6 is 0 Å². The number of ether oxygens (including phenoxy) is 5. The number of fused-ring (bicyclic) bond motifs is 3. The van der Waals surface area contributed by atoms with E-state index >= 15 is 4.79 Å². The highest BCUT2D eigenvalue weighted by Gasteiger charge is 2.78. The van der Waals surface area contributed by atoms with Crippen LogP contribution in [0.1, 0.15) is 73.7 Å². The first-order valence-corrected chi connectivity index (χ1v) is 20.8. The van der Waals surface area contributed by atoms with E-state index in [2.05, 4.69) is 0 Å². The number of hydrogen-bond donors (Lipinski definition) is 3. The number of amides is 1. The third-order valence-electron chi connectivity index (χ3n) is 13.9. The van der Waals surface area contributed by atoms with Crippen molar-refractivity contribution in [1.29, 1.82) is 0 Å². The summed E-state index contributed by atoms with van der Waals surface area (Å²) >= 11 is 0. The van der Waals surface area contributed by atoms with Crippen molar-refractivity contribution < 1.29 is 67.8 Å². The van der Waals surface area contributed by atoms with Gasteiger partial charge in [0.05, 0.1) is 35.3 Å². The zero-order valence-electron chi connectivity index (χ0n) is 35.4. The highest BCUT2D eigenvalue weighted by Crippen LogP contribution is 2.64. The maximum atomic E-state index is 15.6. The van der Waals surface area contributed by atoms with Gasteiger partial charge >= 0.3 is 23.9 Å². The summed E-state index contributed by atoms with van der Waals surface area (Å²) in [5.74, 6) is -7.31.